The summed E-state index contributed by atoms with van der Waals surface area (Å²) in [6, 6.07) is 9.97. The highest BCUT2D eigenvalue weighted by atomic mass is 19.4. The summed E-state index contributed by atoms with van der Waals surface area (Å²) in [5.74, 6) is -1.61. The van der Waals surface area contributed by atoms with E-state index in [1.165, 1.54) is 29.2 Å². The molecule has 2 fully saturated rings. The molecule has 0 atom stereocenters. The SMILES string of the molecule is N#Cc1ccc(N2CC(=O)N(Cc3ccc(C(F)(F)F)cc3)C3(CCC3)C2=O)c(F)c1. The molecule has 0 bridgehead atoms. The van der Waals surface area contributed by atoms with Gasteiger partial charge in [-0.15, -0.1) is 0 Å². The maximum absolute atomic E-state index is 14.5. The number of anilines is 1. The first-order valence-corrected chi connectivity index (χ1v) is 9.64. The Hall–Kier alpha value is -3.41. The number of carbonyl (C=O) groups excluding carboxylic acids is 2. The number of halogens is 4. The zero-order valence-corrected chi connectivity index (χ0v) is 16.2. The van der Waals surface area contributed by atoms with E-state index in [1.54, 1.807) is 0 Å². The number of hydrogen-bond donors (Lipinski definition) is 0. The number of amides is 2. The average Bonchev–Trinajstić information content (AvgIpc) is 2.69. The van der Waals surface area contributed by atoms with E-state index in [9.17, 15) is 27.2 Å². The van der Waals surface area contributed by atoms with Crippen LogP contribution in [0, 0.1) is 17.1 Å². The minimum Gasteiger partial charge on any atom is -0.322 e. The fraction of sp³-hybridized carbons (Fsp3) is 0.318. The van der Waals surface area contributed by atoms with Crippen LogP contribution in [0.2, 0.25) is 0 Å². The van der Waals surface area contributed by atoms with Crippen LogP contribution in [0.25, 0.3) is 0 Å². The minimum absolute atomic E-state index is 0.00754. The number of nitriles is 1. The van der Waals surface area contributed by atoms with Crippen LogP contribution < -0.4 is 4.90 Å². The van der Waals surface area contributed by atoms with Crippen LogP contribution in [0.4, 0.5) is 23.2 Å². The first-order valence-electron chi connectivity index (χ1n) is 9.64. The molecule has 4 rings (SSSR count). The molecule has 2 amide bonds. The van der Waals surface area contributed by atoms with Gasteiger partial charge < -0.3 is 4.90 Å². The number of rotatable bonds is 3. The average molecular weight is 431 g/mol. The van der Waals surface area contributed by atoms with Crippen molar-refractivity contribution in [2.24, 2.45) is 0 Å². The Balaban J connectivity index is 1.62. The zero-order chi connectivity index (χ0) is 22.4. The molecule has 2 aromatic rings. The van der Waals surface area contributed by atoms with Crippen molar-refractivity contribution in [3.63, 3.8) is 0 Å². The van der Waals surface area contributed by atoms with Crippen molar-refractivity contribution >= 4 is 17.5 Å². The van der Waals surface area contributed by atoms with Gasteiger partial charge in [0.25, 0.3) is 5.91 Å². The van der Waals surface area contributed by atoms with Crippen molar-refractivity contribution in [2.45, 2.75) is 37.5 Å². The third-order valence-electron chi connectivity index (χ3n) is 5.92. The van der Waals surface area contributed by atoms with Crippen LogP contribution in [0.3, 0.4) is 0 Å². The molecular weight excluding hydrogens is 414 g/mol. The van der Waals surface area contributed by atoms with Gasteiger partial charge in [-0.2, -0.15) is 18.4 Å². The molecule has 31 heavy (non-hydrogen) atoms. The van der Waals surface area contributed by atoms with Gasteiger partial charge in [-0.05, 0) is 55.2 Å². The van der Waals surface area contributed by atoms with Crippen molar-refractivity contribution in [1.29, 1.82) is 5.26 Å². The van der Waals surface area contributed by atoms with Crippen LogP contribution in [-0.4, -0.2) is 28.8 Å². The Morgan fingerprint density at radius 3 is 2.26 bits per heavy atom. The molecule has 1 saturated carbocycles. The molecule has 0 N–H and O–H groups in total. The Labute approximate surface area is 175 Å². The standard InChI is InChI=1S/C22H17F4N3O2/c23-17-10-15(11-27)4-7-18(17)28-13-19(30)29(21(20(28)31)8-1-9-21)12-14-2-5-16(6-3-14)22(24,25)26/h2-7,10H,1,8-9,12-13H2. The molecule has 1 heterocycles. The van der Waals surface area contributed by atoms with Gasteiger partial charge in [0.15, 0.2) is 0 Å². The molecule has 1 aliphatic carbocycles. The highest BCUT2D eigenvalue weighted by Gasteiger charge is 2.56. The summed E-state index contributed by atoms with van der Waals surface area (Å²) in [6.07, 6.45) is -2.97. The smallest absolute Gasteiger partial charge is 0.322 e. The van der Waals surface area contributed by atoms with E-state index in [4.69, 9.17) is 5.26 Å². The van der Waals surface area contributed by atoms with E-state index in [0.29, 0.717) is 24.8 Å². The van der Waals surface area contributed by atoms with Gasteiger partial charge in [-0.1, -0.05) is 12.1 Å². The van der Waals surface area contributed by atoms with Crippen LogP contribution in [0.1, 0.15) is 36.0 Å². The third-order valence-corrected chi connectivity index (χ3v) is 5.92. The summed E-state index contributed by atoms with van der Waals surface area (Å²) in [7, 11) is 0. The van der Waals surface area contributed by atoms with Gasteiger partial charge in [0, 0.05) is 6.54 Å². The maximum Gasteiger partial charge on any atom is 0.416 e. The number of benzene rings is 2. The highest BCUT2D eigenvalue weighted by molar-refractivity contribution is 6.09. The van der Waals surface area contributed by atoms with Gasteiger partial charge in [0.2, 0.25) is 5.91 Å². The third kappa shape index (κ3) is 3.52. The van der Waals surface area contributed by atoms with Crippen LogP contribution in [0.5, 0.6) is 0 Å². The van der Waals surface area contributed by atoms with Crippen LogP contribution >= 0.6 is 0 Å². The number of piperazine rings is 1. The lowest BCUT2D eigenvalue weighted by Crippen LogP contribution is -2.70. The normalized spacial score (nSPS) is 18.2. The summed E-state index contributed by atoms with van der Waals surface area (Å²) >= 11 is 0. The predicted molar refractivity (Wildman–Crippen MR) is 102 cm³/mol. The molecule has 9 heteroatoms. The molecule has 2 aromatic carbocycles. The van der Waals surface area contributed by atoms with Gasteiger partial charge >= 0.3 is 6.18 Å². The van der Waals surface area contributed by atoms with Crippen molar-refractivity contribution in [2.75, 3.05) is 11.4 Å². The summed E-state index contributed by atoms with van der Waals surface area (Å²) in [5, 5.41) is 8.90. The van der Waals surface area contributed by atoms with Crippen LogP contribution in [-0.2, 0) is 22.3 Å². The molecule has 1 aliphatic heterocycles. The molecule has 0 radical (unpaired) electrons. The van der Waals surface area contributed by atoms with Gasteiger partial charge in [-0.25, -0.2) is 4.39 Å². The van der Waals surface area contributed by atoms with E-state index in [1.807, 2.05) is 6.07 Å². The predicted octanol–water partition coefficient (Wildman–Crippen LogP) is 4.01. The second-order valence-corrected chi connectivity index (χ2v) is 7.73. The van der Waals surface area contributed by atoms with Crippen LogP contribution in [0.15, 0.2) is 42.5 Å². The van der Waals surface area contributed by atoms with Crippen molar-refractivity contribution < 1.29 is 27.2 Å². The first kappa shape index (κ1) is 20.8. The summed E-state index contributed by atoms with van der Waals surface area (Å²) < 4.78 is 52.9. The quantitative estimate of drug-likeness (QED) is 0.690. The topological polar surface area (TPSA) is 64.4 Å². The lowest BCUT2D eigenvalue weighted by molar-refractivity contribution is -0.158. The molecule has 5 nitrogen and oxygen atoms in total. The van der Waals surface area contributed by atoms with E-state index >= 15 is 0 Å². The van der Waals surface area contributed by atoms with Crippen molar-refractivity contribution in [3.05, 3.63) is 65.0 Å². The van der Waals surface area contributed by atoms with Gasteiger partial charge in [0.05, 0.1) is 22.9 Å². The summed E-state index contributed by atoms with van der Waals surface area (Å²) in [6.45, 7) is -0.392. The largest absolute Gasteiger partial charge is 0.416 e. The second kappa shape index (κ2) is 7.38. The number of carbonyl (C=O) groups is 2. The number of hydrogen-bond acceptors (Lipinski definition) is 3. The molecule has 2 aliphatic rings. The molecular formula is C22H17F4N3O2. The molecule has 160 valence electrons. The summed E-state index contributed by atoms with van der Waals surface area (Å²) in [4.78, 5) is 28.8. The molecule has 0 aromatic heterocycles. The Morgan fingerprint density at radius 1 is 1.06 bits per heavy atom. The monoisotopic (exact) mass is 431 g/mol. The summed E-state index contributed by atoms with van der Waals surface area (Å²) in [5.41, 5.74) is -1.44. The second-order valence-electron chi connectivity index (χ2n) is 7.73. The van der Waals surface area contributed by atoms with Gasteiger partial charge in [-0.3, -0.25) is 14.5 Å². The van der Waals surface area contributed by atoms with E-state index in [-0.39, 0.29) is 24.3 Å². The fourth-order valence-electron chi connectivity index (χ4n) is 4.10. The Kier molecular flexibility index (Phi) is 4.96. The van der Waals surface area contributed by atoms with Gasteiger partial charge in [0.1, 0.15) is 17.9 Å². The fourth-order valence-corrected chi connectivity index (χ4v) is 4.10. The molecule has 1 saturated heterocycles. The van der Waals surface area contributed by atoms with E-state index < -0.39 is 34.9 Å². The van der Waals surface area contributed by atoms with Crippen molar-refractivity contribution in [3.8, 4) is 6.07 Å². The lowest BCUT2D eigenvalue weighted by atomic mass is 9.72. The highest BCUT2D eigenvalue weighted by Crippen LogP contribution is 2.44. The lowest BCUT2D eigenvalue weighted by Gasteiger charge is -2.54. The molecule has 1 spiro atoms. The van der Waals surface area contributed by atoms with E-state index in [2.05, 4.69) is 0 Å². The van der Waals surface area contributed by atoms with E-state index in [0.717, 1.165) is 23.1 Å². The first-order chi connectivity index (χ1) is 14.7. The molecule has 0 unspecified atom stereocenters. The zero-order valence-electron chi connectivity index (χ0n) is 16.2. The minimum atomic E-state index is -4.46. The Morgan fingerprint density at radius 2 is 1.74 bits per heavy atom. The maximum atomic E-state index is 14.5. The number of alkyl halides is 3. The van der Waals surface area contributed by atoms with Crippen molar-refractivity contribution in [1.82, 2.24) is 4.90 Å². The number of nitrogens with zero attached hydrogens (tertiary/aromatic N) is 3. The Bertz CT molecular complexity index is 1090.